The van der Waals surface area contributed by atoms with Gasteiger partial charge in [0.05, 0.1) is 20.3 Å². The van der Waals surface area contributed by atoms with E-state index in [2.05, 4.69) is 74.3 Å². The molecular formula is C37H50N2O4. The third-order valence-corrected chi connectivity index (χ3v) is 8.16. The maximum atomic E-state index is 13.7. The Morgan fingerprint density at radius 3 is 2.44 bits per heavy atom. The monoisotopic (exact) mass is 586 g/mol. The average molecular weight is 587 g/mol. The Morgan fingerprint density at radius 2 is 1.74 bits per heavy atom. The molecule has 6 heteroatoms. The lowest BCUT2D eigenvalue weighted by molar-refractivity contribution is -0.116. The van der Waals surface area contributed by atoms with Crippen LogP contribution in [-0.2, 0) is 28.1 Å². The molecule has 0 bridgehead atoms. The summed E-state index contributed by atoms with van der Waals surface area (Å²) in [6.07, 6.45) is 4.64. The lowest BCUT2D eigenvalue weighted by Crippen LogP contribution is -2.35. The van der Waals surface area contributed by atoms with Crippen molar-refractivity contribution in [1.29, 1.82) is 0 Å². The predicted octanol–water partition coefficient (Wildman–Crippen LogP) is 8.10. The van der Waals surface area contributed by atoms with Gasteiger partial charge in [0.2, 0.25) is 5.91 Å². The van der Waals surface area contributed by atoms with Crippen LogP contribution in [0.5, 0.6) is 11.5 Å². The molecule has 1 atom stereocenters. The lowest BCUT2D eigenvalue weighted by atomic mass is 9.84. The van der Waals surface area contributed by atoms with Gasteiger partial charge < -0.3 is 19.5 Å². The lowest BCUT2D eigenvalue weighted by Gasteiger charge is -2.28. The van der Waals surface area contributed by atoms with Gasteiger partial charge in [0.25, 0.3) is 0 Å². The molecule has 3 aromatic carbocycles. The predicted molar refractivity (Wildman–Crippen MR) is 175 cm³/mol. The number of carbonyl (C=O) groups excluding carboxylic acids is 1. The molecule has 0 aliphatic carbocycles. The number of ether oxygens (including phenoxy) is 3. The van der Waals surface area contributed by atoms with E-state index in [1.807, 2.05) is 30.3 Å². The van der Waals surface area contributed by atoms with Crippen molar-refractivity contribution in [2.24, 2.45) is 0 Å². The molecule has 3 aromatic rings. The Bertz CT molecular complexity index is 1300. The summed E-state index contributed by atoms with van der Waals surface area (Å²) in [6.45, 7) is 13.5. The quantitative estimate of drug-likeness (QED) is 0.194. The second-order valence-corrected chi connectivity index (χ2v) is 12.6. The highest BCUT2D eigenvalue weighted by Gasteiger charge is 2.24. The highest BCUT2D eigenvalue weighted by molar-refractivity contribution is 5.92. The molecule has 4 rings (SSSR count). The average Bonchev–Trinajstić information content (AvgIpc) is 3.00. The number of morpholine rings is 1. The molecule has 1 saturated heterocycles. The zero-order valence-electron chi connectivity index (χ0n) is 26.8. The van der Waals surface area contributed by atoms with Crippen LogP contribution < -0.4 is 14.8 Å². The molecule has 1 aliphatic rings. The van der Waals surface area contributed by atoms with Gasteiger partial charge in [-0.1, -0.05) is 95.5 Å². The smallest absolute Gasteiger partial charge is 0.224 e. The number of anilines is 1. The molecule has 232 valence electrons. The summed E-state index contributed by atoms with van der Waals surface area (Å²) in [6, 6.07) is 22.7. The van der Waals surface area contributed by atoms with Gasteiger partial charge in [0.1, 0.15) is 18.1 Å². The molecule has 1 N–H and O–H groups in total. The first-order valence-corrected chi connectivity index (χ1v) is 15.8. The van der Waals surface area contributed by atoms with Gasteiger partial charge in [-0.3, -0.25) is 9.69 Å². The van der Waals surface area contributed by atoms with Gasteiger partial charge in [-0.25, -0.2) is 0 Å². The largest absolute Gasteiger partial charge is 0.496 e. The molecule has 1 heterocycles. The summed E-state index contributed by atoms with van der Waals surface area (Å²) in [4.78, 5) is 16.1. The van der Waals surface area contributed by atoms with Crippen molar-refractivity contribution in [1.82, 2.24) is 4.90 Å². The molecule has 0 aromatic heterocycles. The van der Waals surface area contributed by atoms with Gasteiger partial charge in [-0.15, -0.1) is 0 Å². The Labute approximate surface area is 258 Å². The number of rotatable bonds is 14. The summed E-state index contributed by atoms with van der Waals surface area (Å²) in [5, 5.41) is 3.33. The number of amides is 1. The van der Waals surface area contributed by atoms with Crippen molar-refractivity contribution in [2.75, 3.05) is 38.7 Å². The Kier molecular flexibility index (Phi) is 12.1. The van der Waals surface area contributed by atoms with Crippen molar-refractivity contribution in [3.63, 3.8) is 0 Å². The van der Waals surface area contributed by atoms with Crippen LogP contribution in [0.15, 0.2) is 66.7 Å². The van der Waals surface area contributed by atoms with Crippen molar-refractivity contribution >= 4 is 11.6 Å². The Morgan fingerprint density at radius 1 is 0.977 bits per heavy atom. The molecule has 1 unspecified atom stereocenters. The first-order valence-electron chi connectivity index (χ1n) is 15.8. The van der Waals surface area contributed by atoms with Crippen LogP contribution in [0.2, 0.25) is 0 Å². The number of nitrogens with zero attached hydrogens (tertiary/aromatic N) is 1. The second-order valence-electron chi connectivity index (χ2n) is 12.6. The summed E-state index contributed by atoms with van der Waals surface area (Å²) < 4.78 is 17.4. The highest BCUT2D eigenvalue weighted by atomic mass is 16.5. The minimum atomic E-state index is -0.0978. The first-order chi connectivity index (χ1) is 20.8. The molecule has 0 radical (unpaired) electrons. The molecule has 1 amide bonds. The van der Waals surface area contributed by atoms with Crippen molar-refractivity contribution < 1.29 is 19.0 Å². The minimum absolute atomic E-state index is 0.0296. The molecule has 0 spiro atoms. The highest BCUT2D eigenvalue weighted by Crippen LogP contribution is 2.37. The molecule has 43 heavy (non-hydrogen) atoms. The van der Waals surface area contributed by atoms with Crippen molar-refractivity contribution in [2.45, 2.75) is 84.3 Å². The van der Waals surface area contributed by atoms with Gasteiger partial charge in [0.15, 0.2) is 0 Å². The SMILES string of the molecule is CCCCCC(CC(=O)Nc1cc(CN2CCOCC2)ccc1C(C)(C)C)c1ccc(OCc2ccccc2)cc1OC. The van der Waals surface area contributed by atoms with E-state index in [0.717, 1.165) is 92.4 Å². The van der Waals surface area contributed by atoms with E-state index < -0.39 is 0 Å². The third-order valence-electron chi connectivity index (χ3n) is 8.16. The van der Waals surface area contributed by atoms with E-state index in [4.69, 9.17) is 14.2 Å². The van der Waals surface area contributed by atoms with E-state index >= 15 is 0 Å². The fraction of sp³-hybridized carbons (Fsp3) is 0.486. The van der Waals surface area contributed by atoms with Crippen LogP contribution in [0.1, 0.15) is 88.0 Å². The standard InChI is InChI=1S/C37H50N2O4/c1-6-7-9-14-30(32-17-16-31(25-35(32)41-5)43-27-28-12-10-8-11-13-28)24-36(40)38-34-23-29(15-18-33(34)37(2,3)4)26-39-19-21-42-22-20-39/h8,10-13,15-18,23,25,30H,6-7,9,14,19-22,24,26-27H2,1-5H3,(H,38,40). The fourth-order valence-electron chi connectivity index (χ4n) is 5.76. The van der Waals surface area contributed by atoms with Crippen molar-refractivity contribution in [3.8, 4) is 11.5 Å². The number of hydrogen-bond acceptors (Lipinski definition) is 5. The van der Waals surface area contributed by atoms with E-state index in [1.165, 1.54) is 5.56 Å². The fourth-order valence-corrected chi connectivity index (χ4v) is 5.76. The third kappa shape index (κ3) is 9.84. The van der Waals surface area contributed by atoms with Crippen LogP contribution in [0.4, 0.5) is 5.69 Å². The van der Waals surface area contributed by atoms with Gasteiger partial charge >= 0.3 is 0 Å². The maximum absolute atomic E-state index is 13.7. The zero-order chi connectivity index (χ0) is 30.7. The van der Waals surface area contributed by atoms with Crippen LogP contribution in [-0.4, -0.2) is 44.2 Å². The van der Waals surface area contributed by atoms with E-state index in [0.29, 0.717) is 13.0 Å². The topological polar surface area (TPSA) is 60.0 Å². The second kappa shape index (κ2) is 15.9. The van der Waals surface area contributed by atoms with Gasteiger partial charge in [0, 0.05) is 37.8 Å². The molecular weight excluding hydrogens is 536 g/mol. The summed E-state index contributed by atoms with van der Waals surface area (Å²) in [5.41, 5.74) is 5.33. The number of benzene rings is 3. The number of nitrogens with one attached hydrogen (secondary N) is 1. The molecule has 1 fully saturated rings. The van der Waals surface area contributed by atoms with E-state index in [9.17, 15) is 4.79 Å². The Balaban J connectivity index is 1.51. The normalized spacial score (nSPS) is 14.7. The number of methoxy groups -OCH3 is 1. The van der Waals surface area contributed by atoms with E-state index in [-0.39, 0.29) is 17.2 Å². The van der Waals surface area contributed by atoms with Crippen LogP contribution in [0.25, 0.3) is 0 Å². The first kappa shape index (κ1) is 32.6. The molecule has 1 aliphatic heterocycles. The molecule has 0 saturated carbocycles. The molecule has 6 nitrogen and oxygen atoms in total. The number of carbonyl (C=O) groups is 1. The zero-order valence-corrected chi connectivity index (χ0v) is 26.8. The maximum Gasteiger partial charge on any atom is 0.224 e. The van der Waals surface area contributed by atoms with Crippen LogP contribution >= 0.6 is 0 Å². The van der Waals surface area contributed by atoms with Crippen molar-refractivity contribution in [3.05, 3.63) is 89.0 Å². The summed E-state index contributed by atoms with van der Waals surface area (Å²) in [7, 11) is 1.69. The number of hydrogen-bond donors (Lipinski definition) is 1. The van der Waals surface area contributed by atoms with E-state index in [1.54, 1.807) is 7.11 Å². The van der Waals surface area contributed by atoms with Crippen LogP contribution in [0, 0.1) is 0 Å². The van der Waals surface area contributed by atoms with Crippen LogP contribution in [0.3, 0.4) is 0 Å². The summed E-state index contributed by atoms with van der Waals surface area (Å²) >= 11 is 0. The summed E-state index contributed by atoms with van der Waals surface area (Å²) in [5.74, 6) is 1.59. The van der Waals surface area contributed by atoms with Gasteiger partial charge in [-0.2, -0.15) is 0 Å². The number of unbranched alkanes of at least 4 members (excludes halogenated alkanes) is 2. The minimum Gasteiger partial charge on any atom is -0.496 e. The Hall–Kier alpha value is -3.35. The van der Waals surface area contributed by atoms with Gasteiger partial charge in [-0.05, 0) is 52.1 Å².